The molecule has 0 saturated heterocycles. The van der Waals surface area contributed by atoms with E-state index in [2.05, 4.69) is 20.8 Å². The molecule has 0 radical (unpaired) electrons. The molecule has 0 aromatic heterocycles. The highest BCUT2D eigenvalue weighted by Gasteiger charge is 2.65. The van der Waals surface area contributed by atoms with E-state index in [1.165, 1.54) is 0 Å². The van der Waals surface area contributed by atoms with Crippen LogP contribution in [0, 0.1) is 51.8 Å². The summed E-state index contributed by atoms with van der Waals surface area (Å²) in [6, 6.07) is 0. The van der Waals surface area contributed by atoms with Crippen LogP contribution in [0.2, 0.25) is 0 Å². The standard InChI is InChI=1S/C31H49F3O5/c1-18(19(2)39-26(37)17-27(3,4)16-25(35)36)22-9-10-23-21-8-7-20-15-30(38,31(32,33)34)14-13-28(20,5)24(21)11-12-29(22,23)6/h18-24,38H,7-17H2,1-6H3,(H,35,36)/t18-,19-,20-,21+,22-,23+,24+,28+,29-,30-/m1/s1. The van der Waals surface area contributed by atoms with Gasteiger partial charge in [-0.1, -0.05) is 34.6 Å². The Morgan fingerprint density at radius 1 is 0.923 bits per heavy atom. The number of fused-ring (bicyclic) bond motifs is 5. The van der Waals surface area contributed by atoms with Crippen LogP contribution in [0.5, 0.6) is 0 Å². The minimum atomic E-state index is -4.57. The number of halogens is 3. The van der Waals surface area contributed by atoms with E-state index in [4.69, 9.17) is 9.84 Å². The van der Waals surface area contributed by atoms with Gasteiger partial charge in [-0.15, -0.1) is 0 Å². The minimum absolute atomic E-state index is 0.0634. The average molecular weight is 559 g/mol. The van der Waals surface area contributed by atoms with E-state index in [9.17, 15) is 27.9 Å². The largest absolute Gasteiger partial charge is 0.481 e. The van der Waals surface area contributed by atoms with Crippen molar-refractivity contribution >= 4 is 11.9 Å². The van der Waals surface area contributed by atoms with Crippen LogP contribution in [0.1, 0.15) is 112 Å². The van der Waals surface area contributed by atoms with Crippen LogP contribution in [0.3, 0.4) is 0 Å². The van der Waals surface area contributed by atoms with Gasteiger partial charge in [-0.05, 0) is 116 Å². The maximum absolute atomic E-state index is 13.7. The highest BCUT2D eigenvalue weighted by Crippen LogP contribution is 2.69. The van der Waals surface area contributed by atoms with Crippen LogP contribution < -0.4 is 0 Å². The van der Waals surface area contributed by atoms with E-state index in [0.717, 1.165) is 38.5 Å². The molecule has 0 spiro atoms. The number of carboxylic acids is 1. The Kier molecular flexibility index (Phi) is 8.01. The first-order valence-electron chi connectivity index (χ1n) is 15.0. The van der Waals surface area contributed by atoms with Crippen molar-refractivity contribution in [3.05, 3.63) is 0 Å². The second kappa shape index (κ2) is 10.2. The third-order valence-electron chi connectivity index (χ3n) is 12.3. The van der Waals surface area contributed by atoms with Gasteiger partial charge in [-0.25, -0.2) is 0 Å². The van der Waals surface area contributed by atoms with Gasteiger partial charge in [0.15, 0.2) is 5.60 Å². The zero-order valence-corrected chi connectivity index (χ0v) is 24.6. The van der Waals surface area contributed by atoms with Gasteiger partial charge in [-0.2, -0.15) is 13.2 Å². The van der Waals surface area contributed by atoms with Crippen molar-refractivity contribution in [1.29, 1.82) is 0 Å². The first-order valence-corrected chi connectivity index (χ1v) is 15.0. The first kappa shape index (κ1) is 30.6. The first-order chi connectivity index (χ1) is 17.8. The Balaban J connectivity index is 1.42. The fraction of sp³-hybridized carbons (Fsp3) is 0.935. The molecule has 4 saturated carbocycles. The van der Waals surface area contributed by atoms with Crippen molar-refractivity contribution in [2.24, 2.45) is 51.8 Å². The molecule has 0 unspecified atom stereocenters. The summed E-state index contributed by atoms with van der Waals surface area (Å²) in [5.74, 6) is 0.582. The number of alkyl halides is 3. The zero-order chi connectivity index (χ0) is 29.2. The van der Waals surface area contributed by atoms with Crippen LogP contribution in [0.15, 0.2) is 0 Å². The minimum Gasteiger partial charge on any atom is -0.481 e. The Hall–Kier alpha value is -1.31. The van der Waals surface area contributed by atoms with E-state index in [0.29, 0.717) is 30.1 Å². The second-order valence-electron chi connectivity index (χ2n) is 15.1. The topological polar surface area (TPSA) is 83.8 Å². The molecule has 4 fully saturated rings. The Morgan fingerprint density at radius 3 is 2.18 bits per heavy atom. The molecule has 0 bridgehead atoms. The van der Waals surface area contributed by atoms with Crippen LogP contribution >= 0.6 is 0 Å². The van der Waals surface area contributed by atoms with Gasteiger partial charge < -0.3 is 14.9 Å². The van der Waals surface area contributed by atoms with E-state index in [1.54, 1.807) is 13.8 Å². The Morgan fingerprint density at radius 2 is 1.56 bits per heavy atom. The van der Waals surface area contributed by atoms with Gasteiger partial charge in [0.1, 0.15) is 6.10 Å². The van der Waals surface area contributed by atoms with E-state index >= 15 is 0 Å². The molecular weight excluding hydrogens is 509 g/mol. The van der Waals surface area contributed by atoms with Crippen molar-refractivity contribution in [2.45, 2.75) is 130 Å². The summed E-state index contributed by atoms with van der Waals surface area (Å²) in [6.07, 6.45) is 1.10. The SMILES string of the molecule is C[C@@H]([C@H]1CC[C@H]2[C@@H]3CC[C@@H]4C[C@@](O)(C(F)(F)F)CC[C@]4(C)[C@H]3CC[C@]12C)[C@@H](C)OC(=O)CC(C)(C)CC(=O)O. The van der Waals surface area contributed by atoms with Crippen molar-refractivity contribution < 1.29 is 37.7 Å². The molecule has 39 heavy (non-hydrogen) atoms. The van der Waals surface area contributed by atoms with Gasteiger partial charge in [-0.3, -0.25) is 9.59 Å². The predicted molar refractivity (Wildman–Crippen MR) is 142 cm³/mol. The normalized spacial score (nSPS) is 42.1. The number of carboxylic acid groups (broad SMARTS) is 1. The molecular formula is C31H49F3O5. The lowest BCUT2D eigenvalue weighted by atomic mass is 9.43. The number of hydrogen-bond acceptors (Lipinski definition) is 4. The number of aliphatic carboxylic acids is 1. The van der Waals surface area contributed by atoms with Crippen LogP contribution in [0.4, 0.5) is 13.2 Å². The number of rotatable bonds is 7. The smallest absolute Gasteiger partial charge is 0.417 e. The third-order valence-corrected chi connectivity index (χ3v) is 12.3. The zero-order valence-electron chi connectivity index (χ0n) is 24.6. The molecule has 0 amide bonds. The summed E-state index contributed by atoms with van der Waals surface area (Å²) in [7, 11) is 0. The molecule has 10 atom stereocenters. The van der Waals surface area contributed by atoms with E-state index in [1.807, 2.05) is 6.92 Å². The lowest BCUT2D eigenvalue weighted by molar-refractivity contribution is -0.290. The number of hydrogen-bond donors (Lipinski definition) is 2. The van der Waals surface area contributed by atoms with E-state index in [-0.39, 0.29) is 60.4 Å². The molecule has 224 valence electrons. The third kappa shape index (κ3) is 5.49. The maximum atomic E-state index is 13.7. The number of aliphatic hydroxyl groups is 1. The second-order valence-corrected chi connectivity index (χ2v) is 15.1. The average Bonchev–Trinajstić information content (AvgIpc) is 3.14. The molecule has 4 aliphatic carbocycles. The molecule has 4 rings (SSSR count). The fourth-order valence-corrected chi connectivity index (χ4v) is 9.95. The van der Waals surface area contributed by atoms with Crippen molar-refractivity contribution in [3.63, 3.8) is 0 Å². The molecule has 2 N–H and O–H groups in total. The summed E-state index contributed by atoms with van der Waals surface area (Å²) in [5, 5.41) is 19.6. The summed E-state index contributed by atoms with van der Waals surface area (Å²) in [6.45, 7) is 12.2. The van der Waals surface area contributed by atoms with Crippen LogP contribution in [-0.4, -0.2) is 40.0 Å². The summed E-state index contributed by atoms with van der Waals surface area (Å²) in [5.41, 5.74) is -3.26. The molecule has 5 nitrogen and oxygen atoms in total. The van der Waals surface area contributed by atoms with Gasteiger partial charge in [0.2, 0.25) is 0 Å². The van der Waals surface area contributed by atoms with E-state index < -0.39 is 23.2 Å². The lowest BCUT2D eigenvalue weighted by Gasteiger charge is -2.62. The predicted octanol–water partition coefficient (Wildman–Crippen LogP) is 7.40. The molecule has 0 aromatic carbocycles. The summed E-state index contributed by atoms with van der Waals surface area (Å²) >= 11 is 0. The molecule has 0 heterocycles. The number of carbonyl (C=O) groups is 2. The molecule has 0 aromatic rings. The van der Waals surface area contributed by atoms with Gasteiger partial charge in [0.05, 0.1) is 12.8 Å². The van der Waals surface area contributed by atoms with Crippen LogP contribution in [-0.2, 0) is 14.3 Å². The highest BCUT2D eigenvalue weighted by molar-refractivity contribution is 5.73. The summed E-state index contributed by atoms with van der Waals surface area (Å²) < 4.78 is 46.8. The number of esters is 1. The van der Waals surface area contributed by atoms with Gasteiger partial charge in [0, 0.05) is 0 Å². The van der Waals surface area contributed by atoms with Gasteiger partial charge >= 0.3 is 18.1 Å². The van der Waals surface area contributed by atoms with Crippen molar-refractivity contribution in [1.82, 2.24) is 0 Å². The summed E-state index contributed by atoms with van der Waals surface area (Å²) in [4.78, 5) is 23.8. The van der Waals surface area contributed by atoms with Gasteiger partial charge in [0.25, 0.3) is 0 Å². The highest BCUT2D eigenvalue weighted by atomic mass is 19.4. The fourth-order valence-electron chi connectivity index (χ4n) is 9.95. The Labute approximate surface area is 231 Å². The Bertz CT molecular complexity index is 949. The maximum Gasteiger partial charge on any atom is 0.417 e. The van der Waals surface area contributed by atoms with Crippen molar-refractivity contribution in [2.75, 3.05) is 0 Å². The van der Waals surface area contributed by atoms with Crippen molar-refractivity contribution in [3.8, 4) is 0 Å². The number of ether oxygens (including phenoxy) is 1. The molecule has 4 aliphatic rings. The molecule has 0 aliphatic heterocycles. The molecule has 8 heteroatoms. The van der Waals surface area contributed by atoms with Crippen LogP contribution in [0.25, 0.3) is 0 Å². The monoisotopic (exact) mass is 558 g/mol. The quantitative estimate of drug-likeness (QED) is 0.318. The lowest BCUT2D eigenvalue weighted by Crippen LogP contribution is -2.59. The number of carbonyl (C=O) groups excluding carboxylic acids is 1.